The maximum Gasteiger partial charge on any atom is 0.257 e. The lowest BCUT2D eigenvalue weighted by Crippen LogP contribution is -2.14. The summed E-state index contributed by atoms with van der Waals surface area (Å²) >= 11 is 5.87. The minimum absolute atomic E-state index is 0.263. The van der Waals surface area contributed by atoms with Crippen molar-refractivity contribution in [2.24, 2.45) is 0 Å². The van der Waals surface area contributed by atoms with Crippen molar-refractivity contribution in [3.63, 3.8) is 0 Å². The molecular weight excluding hydrogens is 242 g/mol. The number of halogens is 1. The highest BCUT2D eigenvalue weighted by Gasteiger charge is 2.08. The van der Waals surface area contributed by atoms with E-state index in [1.165, 1.54) is 30.7 Å². The van der Waals surface area contributed by atoms with Crippen LogP contribution >= 0.6 is 11.6 Å². The smallest absolute Gasteiger partial charge is 0.257 e. The Morgan fingerprint density at radius 1 is 1.35 bits per heavy atom. The van der Waals surface area contributed by atoms with E-state index in [1.54, 1.807) is 6.07 Å². The number of rotatable bonds is 2. The van der Waals surface area contributed by atoms with Gasteiger partial charge in [-0.25, -0.2) is 0 Å². The van der Waals surface area contributed by atoms with Gasteiger partial charge < -0.3 is 10.3 Å². The first kappa shape index (κ1) is 11.3. The number of pyridine rings is 2. The Morgan fingerprint density at radius 2 is 2.18 bits per heavy atom. The first-order chi connectivity index (χ1) is 8.16. The van der Waals surface area contributed by atoms with Crippen LogP contribution in [0.1, 0.15) is 10.4 Å². The molecule has 0 aliphatic carbocycles. The molecule has 0 atom stereocenters. The van der Waals surface area contributed by atoms with Crippen LogP contribution in [0.25, 0.3) is 0 Å². The third-order valence-electron chi connectivity index (χ3n) is 2.06. The zero-order valence-electron chi connectivity index (χ0n) is 8.61. The summed E-state index contributed by atoms with van der Waals surface area (Å²) in [5.74, 6) is -0.365. The molecule has 0 bridgehead atoms. The molecule has 17 heavy (non-hydrogen) atoms. The van der Waals surface area contributed by atoms with Crippen LogP contribution in [0.15, 0.2) is 41.6 Å². The summed E-state index contributed by atoms with van der Waals surface area (Å²) in [5.41, 5.74) is 0.496. The highest BCUT2D eigenvalue weighted by Crippen LogP contribution is 2.19. The van der Waals surface area contributed by atoms with Gasteiger partial charge in [0, 0.05) is 18.5 Å². The Kier molecular flexibility index (Phi) is 3.20. The van der Waals surface area contributed by atoms with E-state index in [0.717, 1.165) is 0 Å². The minimum Gasteiger partial charge on any atom is -0.328 e. The number of aromatic amines is 1. The van der Waals surface area contributed by atoms with Gasteiger partial charge in [0.2, 0.25) is 5.56 Å². The topological polar surface area (TPSA) is 74.8 Å². The molecule has 2 rings (SSSR count). The number of carbonyl (C=O) groups is 1. The molecule has 0 aromatic carbocycles. The van der Waals surface area contributed by atoms with Gasteiger partial charge in [-0.15, -0.1) is 0 Å². The summed E-state index contributed by atoms with van der Waals surface area (Å²) in [6.07, 6.45) is 4.31. The second kappa shape index (κ2) is 4.80. The molecule has 6 heteroatoms. The van der Waals surface area contributed by atoms with Crippen LogP contribution in [0.4, 0.5) is 5.69 Å². The lowest BCUT2D eigenvalue weighted by atomic mass is 10.2. The van der Waals surface area contributed by atoms with Crippen molar-refractivity contribution in [2.75, 3.05) is 5.32 Å². The van der Waals surface area contributed by atoms with E-state index < -0.39 is 0 Å². The molecule has 0 unspecified atom stereocenters. The van der Waals surface area contributed by atoms with Crippen LogP contribution in [-0.4, -0.2) is 15.9 Å². The number of H-pyrrole nitrogens is 1. The summed E-state index contributed by atoms with van der Waals surface area (Å²) < 4.78 is 0. The molecule has 2 aromatic heterocycles. The summed E-state index contributed by atoms with van der Waals surface area (Å²) in [5, 5.41) is 2.99. The Labute approximate surface area is 101 Å². The highest BCUT2D eigenvalue weighted by molar-refractivity contribution is 6.33. The Hall–Kier alpha value is -2.14. The predicted octanol–water partition coefficient (Wildman–Crippen LogP) is 1.68. The van der Waals surface area contributed by atoms with E-state index in [0.29, 0.717) is 16.3 Å². The summed E-state index contributed by atoms with van der Waals surface area (Å²) in [4.78, 5) is 28.9. The van der Waals surface area contributed by atoms with Crippen LogP contribution in [0.2, 0.25) is 5.02 Å². The molecule has 2 heterocycles. The number of nitrogens with zero attached hydrogens (tertiary/aromatic N) is 1. The van der Waals surface area contributed by atoms with Gasteiger partial charge in [-0.05, 0) is 12.1 Å². The van der Waals surface area contributed by atoms with Crippen LogP contribution < -0.4 is 10.9 Å². The maximum absolute atomic E-state index is 11.8. The van der Waals surface area contributed by atoms with Crippen LogP contribution in [0.5, 0.6) is 0 Å². The molecule has 2 N–H and O–H groups in total. The monoisotopic (exact) mass is 249 g/mol. The molecule has 0 aliphatic rings. The van der Waals surface area contributed by atoms with Gasteiger partial charge >= 0.3 is 0 Å². The second-order valence-corrected chi connectivity index (χ2v) is 3.66. The molecule has 0 saturated heterocycles. The minimum atomic E-state index is -0.365. The summed E-state index contributed by atoms with van der Waals surface area (Å²) in [6, 6.07) is 4.28. The number of hydrogen-bond donors (Lipinski definition) is 2. The van der Waals surface area contributed by atoms with Gasteiger partial charge in [-0.2, -0.15) is 0 Å². The predicted molar refractivity (Wildman–Crippen MR) is 64.3 cm³/mol. The van der Waals surface area contributed by atoms with Crippen LogP contribution in [0, 0.1) is 0 Å². The molecule has 2 aromatic rings. The van der Waals surface area contributed by atoms with E-state index in [-0.39, 0.29) is 11.5 Å². The SMILES string of the molecule is O=C(Nc1cnccc1Cl)c1ccc(=O)[nH]c1. The van der Waals surface area contributed by atoms with Gasteiger partial charge in [0.25, 0.3) is 5.91 Å². The molecule has 1 amide bonds. The summed E-state index contributed by atoms with van der Waals surface area (Å²) in [7, 11) is 0. The fraction of sp³-hybridized carbons (Fsp3) is 0. The van der Waals surface area contributed by atoms with Crippen molar-refractivity contribution in [3.8, 4) is 0 Å². The third-order valence-corrected chi connectivity index (χ3v) is 2.39. The van der Waals surface area contributed by atoms with Gasteiger partial charge in [0.1, 0.15) is 0 Å². The van der Waals surface area contributed by atoms with E-state index in [4.69, 9.17) is 11.6 Å². The van der Waals surface area contributed by atoms with Gasteiger partial charge in [0.15, 0.2) is 0 Å². The van der Waals surface area contributed by atoms with Crippen LogP contribution in [-0.2, 0) is 0 Å². The molecule has 0 radical (unpaired) electrons. The number of aromatic nitrogens is 2. The quantitative estimate of drug-likeness (QED) is 0.850. The molecule has 0 aliphatic heterocycles. The van der Waals surface area contributed by atoms with E-state index in [2.05, 4.69) is 15.3 Å². The normalized spacial score (nSPS) is 9.94. The molecular formula is C11H8ClN3O2. The molecule has 86 valence electrons. The van der Waals surface area contributed by atoms with Crippen molar-refractivity contribution < 1.29 is 4.79 Å². The van der Waals surface area contributed by atoms with E-state index in [1.807, 2.05) is 0 Å². The number of hydrogen-bond acceptors (Lipinski definition) is 3. The lowest BCUT2D eigenvalue weighted by Gasteiger charge is -2.05. The first-order valence-corrected chi connectivity index (χ1v) is 5.14. The van der Waals surface area contributed by atoms with Crippen molar-refractivity contribution in [3.05, 3.63) is 57.7 Å². The van der Waals surface area contributed by atoms with E-state index in [9.17, 15) is 9.59 Å². The number of nitrogens with one attached hydrogen (secondary N) is 2. The largest absolute Gasteiger partial charge is 0.328 e. The standard InChI is InChI=1S/C11H8ClN3O2/c12-8-3-4-13-6-9(8)15-11(17)7-1-2-10(16)14-5-7/h1-6H,(H,14,16)(H,15,17). The maximum atomic E-state index is 11.8. The molecule has 5 nitrogen and oxygen atoms in total. The first-order valence-electron chi connectivity index (χ1n) is 4.76. The van der Waals surface area contributed by atoms with Crippen molar-refractivity contribution in [1.29, 1.82) is 0 Å². The van der Waals surface area contributed by atoms with Crippen molar-refractivity contribution in [1.82, 2.24) is 9.97 Å². The fourth-order valence-corrected chi connectivity index (χ4v) is 1.37. The highest BCUT2D eigenvalue weighted by atomic mass is 35.5. The van der Waals surface area contributed by atoms with Gasteiger partial charge in [0.05, 0.1) is 22.5 Å². The fourth-order valence-electron chi connectivity index (χ4n) is 1.22. The Bertz CT molecular complexity index is 589. The number of carbonyl (C=O) groups excluding carboxylic acids is 1. The molecule has 0 saturated carbocycles. The average molecular weight is 250 g/mol. The Balaban J connectivity index is 2.20. The van der Waals surface area contributed by atoms with Gasteiger partial charge in [-0.3, -0.25) is 14.6 Å². The second-order valence-electron chi connectivity index (χ2n) is 3.25. The lowest BCUT2D eigenvalue weighted by molar-refractivity contribution is 0.102. The third kappa shape index (κ3) is 2.70. The van der Waals surface area contributed by atoms with E-state index >= 15 is 0 Å². The molecule has 0 fully saturated rings. The van der Waals surface area contributed by atoms with Gasteiger partial charge in [-0.1, -0.05) is 11.6 Å². The zero-order valence-corrected chi connectivity index (χ0v) is 9.36. The summed E-state index contributed by atoms with van der Waals surface area (Å²) in [6.45, 7) is 0. The number of amides is 1. The van der Waals surface area contributed by atoms with Crippen molar-refractivity contribution >= 4 is 23.2 Å². The molecule has 0 spiro atoms. The number of anilines is 1. The zero-order chi connectivity index (χ0) is 12.3. The van der Waals surface area contributed by atoms with Crippen LogP contribution in [0.3, 0.4) is 0 Å². The average Bonchev–Trinajstić information content (AvgIpc) is 2.33. The Morgan fingerprint density at radius 3 is 2.82 bits per heavy atom. The van der Waals surface area contributed by atoms with Crippen molar-refractivity contribution in [2.45, 2.75) is 0 Å².